The monoisotopic (exact) mass is 554 g/mol. The summed E-state index contributed by atoms with van der Waals surface area (Å²) in [6, 6.07) is 32.2. The lowest BCUT2D eigenvalue weighted by Crippen LogP contribution is -1.95. The van der Waals surface area contributed by atoms with E-state index >= 15 is 0 Å². The second-order valence-electron chi connectivity index (χ2n) is 10.4. The second-order valence-corrected chi connectivity index (χ2v) is 10.4. The van der Waals surface area contributed by atoms with Crippen LogP contribution < -0.4 is 0 Å². The summed E-state index contributed by atoms with van der Waals surface area (Å²) in [4.78, 5) is 0. The van der Waals surface area contributed by atoms with Crippen LogP contribution in [0, 0.1) is 0 Å². The van der Waals surface area contributed by atoms with Gasteiger partial charge in [0.05, 0.1) is 12.2 Å². The zero-order valence-corrected chi connectivity index (χ0v) is 22.6. The van der Waals surface area contributed by atoms with Crippen LogP contribution in [0.3, 0.4) is 0 Å². The number of ether oxygens (including phenoxy) is 1. The third kappa shape index (κ3) is 3.62. The molecule has 42 heavy (non-hydrogen) atoms. The lowest BCUT2D eigenvalue weighted by atomic mass is 9.83. The van der Waals surface area contributed by atoms with E-state index in [2.05, 4.69) is 30.3 Å². The summed E-state index contributed by atoms with van der Waals surface area (Å²) >= 11 is 0. The first-order valence-corrected chi connectivity index (χ1v) is 13.5. The van der Waals surface area contributed by atoms with Crippen LogP contribution in [0.2, 0.25) is 0 Å². The maximum absolute atomic E-state index is 11.0. The molecule has 5 N–H and O–H groups in total. The van der Waals surface area contributed by atoms with E-state index in [0.717, 1.165) is 49.0 Å². The van der Waals surface area contributed by atoms with Gasteiger partial charge in [0, 0.05) is 12.7 Å². The number of phenolic OH excluding ortho intramolecular Hbond substituents is 5. The van der Waals surface area contributed by atoms with E-state index in [1.807, 2.05) is 66.7 Å². The summed E-state index contributed by atoms with van der Waals surface area (Å²) in [5.74, 6) is -4.31. The molecule has 0 unspecified atom stereocenters. The summed E-state index contributed by atoms with van der Waals surface area (Å²) < 4.78 is 5.46. The first-order valence-electron chi connectivity index (χ1n) is 13.5. The van der Waals surface area contributed by atoms with Crippen molar-refractivity contribution in [3.8, 4) is 51.0 Å². The van der Waals surface area contributed by atoms with Gasteiger partial charge in [0.15, 0.2) is 11.5 Å². The fraction of sp³-hybridized carbons (Fsp3) is 0.0556. The molecule has 0 bridgehead atoms. The maximum atomic E-state index is 11.0. The summed E-state index contributed by atoms with van der Waals surface area (Å²) in [6.07, 6.45) is 0. The molecule has 6 heteroatoms. The number of methoxy groups -OCH3 is 1. The third-order valence-electron chi connectivity index (χ3n) is 8.06. The van der Waals surface area contributed by atoms with Crippen LogP contribution in [0.4, 0.5) is 0 Å². The molecule has 0 aliphatic heterocycles. The lowest BCUT2D eigenvalue weighted by molar-refractivity contribution is 0.185. The van der Waals surface area contributed by atoms with Crippen LogP contribution in [0.1, 0.15) is 5.56 Å². The minimum absolute atomic E-state index is 0.182. The van der Waals surface area contributed by atoms with Gasteiger partial charge in [-0.25, -0.2) is 0 Å². The number of fused-ring (bicyclic) bond motifs is 5. The summed E-state index contributed by atoms with van der Waals surface area (Å²) in [7, 11) is 1.63. The van der Waals surface area contributed by atoms with Crippen LogP contribution in [0.15, 0.2) is 97.1 Å². The van der Waals surface area contributed by atoms with E-state index in [1.165, 1.54) is 0 Å². The topological polar surface area (TPSA) is 110 Å². The highest BCUT2D eigenvalue weighted by molar-refractivity contribution is 6.26. The number of aromatic hydroxyl groups is 5. The molecule has 7 aromatic carbocycles. The Morgan fingerprint density at radius 1 is 0.452 bits per heavy atom. The molecule has 0 aromatic heterocycles. The Morgan fingerprint density at radius 3 is 1.64 bits per heavy atom. The molecular formula is C36H26O6. The average molecular weight is 555 g/mol. The highest BCUT2D eigenvalue weighted by Crippen LogP contribution is 2.58. The van der Waals surface area contributed by atoms with Crippen molar-refractivity contribution in [2.75, 3.05) is 7.11 Å². The molecule has 0 fully saturated rings. The Kier molecular flexibility index (Phi) is 5.82. The average Bonchev–Trinajstić information content (AvgIpc) is 3.02. The van der Waals surface area contributed by atoms with Crippen molar-refractivity contribution in [2.24, 2.45) is 0 Å². The molecule has 206 valence electrons. The molecule has 7 aromatic rings. The van der Waals surface area contributed by atoms with Gasteiger partial charge in [0.2, 0.25) is 17.2 Å². The van der Waals surface area contributed by atoms with Gasteiger partial charge in [-0.2, -0.15) is 0 Å². The minimum Gasteiger partial charge on any atom is -0.504 e. The van der Waals surface area contributed by atoms with Crippen LogP contribution in [-0.4, -0.2) is 32.6 Å². The molecule has 0 heterocycles. The van der Waals surface area contributed by atoms with E-state index in [-0.39, 0.29) is 5.56 Å². The summed E-state index contributed by atoms with van der Waals surface area (Å²) in [6.45, 7) is 0.368. The number of hydrogen-bond acceptors (Lipinski definition) is 6. The Balaban J connectivity index is 1.73. The van der Waals surface area contributed by atoms with Crippen molar-refractivity contribution in [1.29, 1.82) is 0 Å². The summed E-state index contributed by atoms with van der Waals surface area (Å²) in [5, 5.41) is 60.5. The first-order chi connectivity index (χ1) is 20.4. The van der Waals surface area contributed by atoms with E-state index in [1.54, 1.807) is 7.11 Å². The maximum Gasteiger partial charge on any atom is 0.208 e. The van der Waals surface area contributed by atoms with Crippen LogP contribution in [0.25, 0.3) is 65.3 Å². The lowest BCUT2D eigenvalue weighted by Gasteiger charge is -2.21. The Bertz CT molecular complexity index is 2190. The van der Waals surface area contributed by atoms with Gasteiger partial charge in [-0.15, -0.1) is 0 Å². The van der Waals surface area contributed by atoms with Gasteiger partial charge < -0.3 is 30.3 Å². The quantitative estimate of drug-likeness (QED) is 0.0648. The number of hydrogen-bond donors (Lipinski definition) is 5. The molecule has 0 spiro atoms. The van der Waals surface area contributed by atoms with E-state index in [0.29, 0.717) is 22.9 Å². The first kappa shape index (κ1) is 25.5. The van der Waals surface area contributed by atoms with Crippen LogP contribution in [0.5, 0.6) is 28.7 Å². The van der Waals surface area contributed by atoms with Crippen molar-refractivity contribution >= 4 is 43.1 Å². The fourth-order valence-corrected chi connectivity index (χ4v) is 6.22. The number of phenols is 5. The SMILES string of the molecule is COCc1ccc2c(-c3c(O)c(O)c(O)c(O)c3O)c3ccccc3c(-c3cc4ccccc4c4ccccc34)c2c1. The molecular weight excluding hydrogens is 528 g/mol. The Hall–Kier alpha value is -5.46. The molecule has 0 saturated heterocycles. The zero-order valence-electron chi connectivity index (χ0n) is 22.6. The van der Waals surface area contributed by atoms with Gasteiger partial charge in [-0.05, 0) is 71.9 Å². The third-order valence-corrected chi connectivity index (χ3v) is 8.06. The number of benzene rings is 7. The van der Waals surface area contributed by atoms with Crippen LogP contribution >= 0.6 is 0 Å². The van der Waals surface area contributed by atoms with Gasteiger partial charge >= 0.3 is 0 Å². The molecule has 7 rings (SSSR count). The molecule has 6 nitrogen and oxygen atoms in total. The highest BCUT2D eigenvalue weighted by Gasteiger charge is 2.28. The second kappa shape index (κ2) is 9.58. The predicted molar refractivity (Wildman–Crippen MR) is 166 cm³/mol. The van der Waals surface area contributed by atoms with Gasteiger partial charge in [0.25, 0.3) is 0 Å². The fourth-order valence-electron chi connectivity index (χ4n) is 6.22. The smallest absolute Gasteiger partial charge is 0.208 e. The molecule has 0 amide bonds. The molecule has 0 saturated carbocycles. The normalized spacial score (nSPS) is 11.6. The standard InChI is InChI=1S/C36H26O6/c1-42-18-19-14-15-26-27(16-19)29(28-17-20-8-2-3-9-21(20)22-10-4-5-11-23(22)28)24-12-6-7-13-25(24)30(26)31-32(37)34(39)36(41)35(40)33(31)38/h2-17,37-41H,18H2,1H3. The van der Waals surface area contributed by atoms with Crippen molar-refractivity contribution in [3.63, 3.8) is 0 Å². The summed E-state index contributed by atoms with van der Waals surface area (Å²) in [5.41, 5.74) is 3.10. The predicted octanol–water partition coefficient (Wildman–Crippen LogP) is 8.31. The zero-order chi connectivity index (χ0) is 29.1. The minimum atomic E-state index is -0.996. The Morgan fingerprint density at radius 2 is 0.976 bits per heavy atom. The van der Waals surface area contributed by atoms with E-state index < -0.39 is 28.7 Å². The number of rotatable bonds is 4. The van der Waals surface area contributed by atoms with Gasteiger partial charge in [-0.1, -0.05) is 84.9 Å². The van der Waals surface area contributed by atoms with E-state index in [9.17, 15) is 25.5 Å². The van der Waals surface area contributed by atoms with Crippen LogP contribution in [-0.2, 0) is 11.3 Å². The molecule has 0 radical (unpaired) electrons. The molecule has 0 aliphatic carbocycles. The highest BCUT2D eigenvalue weighted by atomic mass is 16.5. The van der Waals surface area contributed by atoms with Crippen molar-refractivity contribution in [1.82, 2.24) is 0 Å². The van der Waals surface area contributed by atoms with E-state index in [4.69, 9.17) is 4.74 Å². The molecule has 0 atom stereocenters. The van der Waals surface area contributed by atoms with Gasteiger partial charge in [0.1, 0.15) is 0 Å². The Labute approximate surface area is 240 Å². The van der Waals surface area contributed by atoms with Crippen molar-refractivity contribution < 1.29 is 30.3 Å². The van der Waals surface area contributed by atoms with Crippen molar-refractivity contribution in [2.45, 2.75) is 6.61 Å². The molecule has 0 aliphatic rings. The van der Waals surface area contributed by atoms with Crippen molar-refractivity contribution in [3.05, 3.63) is 103 Å². The largest absolute Gasteiger partial charge is 0.504 e. The van der Waals surface area contributed by atoms with Gasteiger partial charge in [-0.3, -0.25) is 0 Å².